The molecule has 1 aromatic heterocycles. The van der Waals surface area contributed by atoms with Crippen molar-refractivity contribution in [3.8, 4) is 0 Å². The topological polar surface area (TPSA) is 63.3 Å². The molecule has 0 aliphatic rings. The maximum absolute atomic E-state index is 8.24. The second-order valence-corrected chi connectivity index (χ2v) is 3.09. The van der Waals surface area contributed by atoms with Crippen molar-refractivity contribution in [2.75, 3.05) is 5.73 Å². The Balaban J connectivity index is 0.000000381. The van der Waals surface area contributed by atoms with Gasteiger partial charge in [-0.1, -0.05) is 12.5 Å². The minimum Gasteiger partial charge on any atom is -0.665 e. The summed E-state index contributed by atoms with van der Waals surface area (Å²) in [6.45, 7) is 0.500. The monoisotopic (exact) mass is 233 g/mol. The van der Waals surface area contributed by atoms with Crippen LogP contribution in [0.1, 0.15) is 0 Å². The van der Waals surface area contributed by atoms with Crippen LogP contribution in [-0.2, 0) is 4.79 Å². The van der Waals surface area contributed by atoms with Crippen LogP contribution in [0.4, 0.5) is 5.69 Å². The molecule has 3 nitrogen and oxygen atoms in total. The first-order valence-corrected chi connectivity index (χ1v) is 4.45. The Hall–Kier alpha value is 0.0864. The molecule has 0 unspecified atom stereocenters. The zero-order chi connectivity index (χ0) is 9.68. The molecule has 2 aromatic rings. The fourth-order valence-corrected chi connectivity index (χ4v) is 1.76. The molecule has 0 aliphatic heterocycles. The van der Waals surface area contributed by atoms with Crippen LogP contribution in [0.25, 0.3) is 10.8 Å². The summed E-state index contributed by atoms with van der Waals surface area (Å²) in [6.07, 6.45) is 0. The van der Waals surface area contributed by atoms with Crippen molar-refractivity contribution in [2.45, 2.75) is 0 Å². The van der Waals surface area contributed by atoms with Crippen molar-refractivity contribution in [3.05, 3.63) is 29.0 Å². The maximum Gasteiger partial charge on any atom is 1.00 e. The predicted molar refractivity (Wildman–Crippen MR) is 54.6 cm³/mol. The summed E-state index contributed by atoms with van der Waals surface area (Å²) in [4.78, 5) is 8.24. The smallest absolute Gasteiger partial charge is 0.665 e. The maximum atomic E-state index is 8.24. The number of thiophene rings is 1. The third-order valence-electron chi connectivity index (χ3n) is 1.50. The normalized spacial score (nSPS) is 8.29. The van der Waals surface area contributed by atoms with Gasteiger partial charge in [0.15, 0.2) is 0 Å². The molecule has 0 fully saturated rings. The quantitative estimate of drug-likeness (QED) is 0.352. The van der Waals surface area contributed by atoms with Gasteiger partial charge in [-0.05, 0) is 33.7 Å². The van der Waals surface area contributed by atoms with Gasteiger partial charge >= 0.3 is 51.4 Å². The minimum atomic E-state index is 0. The molecule has 0 spiro atoms. The number of hydrogen-bond donors (Lipinski definition) is 2. The number of nitrogens with two attached hydrogens (primary N) is 1. The number of hydrogen-bond acceptors (Lipinski definition) is 3. The SMILES string of the molecule is Nc1ccc2cscc2c1.O=[C-]O.[K+]. The first-order valence-electron chi connectivity index (χ1n) is 3.50. The van der Waals surface area contributed by atoms with Crippen molar-refractivity contribution in [3.63, 3.8) is 0 Å². The van der Waals surface area contributed by atoms with Gasteiger partial charge in [-0.15, -0.1) is 0 Å². The first kappa shape index (κ1) is 14.1. The molecule has 3 N–H and O–H groups in total. The van der Waals surface area contributed by atoms with Crippen LogP contribution >= 0.6 is 11.3 Å². The van der Waals surface area contributed by atoms with Gasteiger partial charge in [0.1, 0.15) is 0 Å². The second kappa shape index (κ2) is 7.39. The van der Waals surface area contributed by atoms with E-state index < -0.39 is 0 Å². The van der Waals surface area contributed by atoms with E-state index in [0.29, 0.717) is 6.47 Å². The Labute approximate surface area is 128 Å². The van der Waals surface area contributed by atoms with Crippen molar-refractivity contribution >= 4 is 34.3 Å². The molecule has 1 aromatic carbocycles. The van der Waals surface area contributed by atoms with Crippen LogP contribution in [0, 0.1) is 0 Å². The van der Waals surface area contributed by atoms with E-state index in [4.69, 9.17) is 15.6 Å². The Morgan fingerprint density at radius 2 is 1.86 bits per heavy atom. The summed E-state index contributed by atoms with van der Waals surface area (Å²) in [5.74, 6) is 0. The first-order chi connectivity index (χ1) is 6.27. The van der Waals surface area contributed by atoms with E-state index in [1.54, 1.807) is 11.3 Å². The van der Waals surface area contributed by atoms with E-state index in [1.165, 1.54) is 10.8 Å². The summed E-state index contributed by atoms with van der Waals surface area (Å²) in [5.41, 5.74) is 6.43. The van der Waals surface area contributed by atoms with Gasteiger partial charge in [-0.25, -0.2) is 0 Å². The molecule has 14 heavy (non-hydrogen) atoms. The summed E-state index contributed by atoms with van der Waals surface area (Å²) >= 11 is 1.71. The Morgan fingerprint density at radius 1 is 1.29 bits per heavy atom. The Kier molecular flexibility index (Phi) is 7.43. The van der Waals surface area contributed by atoms with Crippen LogP contribution in [0.15, 0.2) is 29.0 Å². The summed E-state index contributed by atoms with van der Waals surface area (Å²) in [6, 6.07) is 5.96. The molecular formula is C9H8KNO2S. The number of fused-ring (bicyclic) bond motifs is 1. The van der Waals surface area contributed by atoms with E-state index in [9.17, 15) is 0 Å². The molecule has 2 rings (SSSR count). The van der Waals surface area contributed by atoms with Gasteiger partial charge in [0, 0.05) is 5.69 Å². The van der Waals surface area contributed by atoms with Gasteiger partial charge in [-0.2, -0.15) is 11.3 Å². The van der Waals surface area contributed by atoms with E-state index >= 15 is 0 Å². The minimum absolute atomic E-state index is 0. The van der Waals surface area contributed by atoms with Gasteiger partial charge in [0.25, 0.3) is 0 Å². The largest absolute Gasteiger partial charge is 1.00 e. The fraction of sp³-hybridized carbons (Fsp3) is 0. The molecule has 0 saturated heterocycles. The third kappa shape index (κ3) is 4.08. The number of aliphatic hydroxyl groups excluding tert-OH is 1. The number of rotatable bonds is 0. The third-order valence-corrected chi connectivity index (χ3v) is 2.28. The van der Waals surface area contributed by atoms with Gasteiger partial charge in [0.05, 0.1) is 0 Å². The van der Waals surface area contributed by atoms with Crippen molar-refractivity contribution < 1.29 is 61.3 Å². The zero-order valence-corrected chi connectivity index (χ0v) is 11.7. The van der Waals surface area contributed by atoms with Gasteiger partial charge in [0.2, 0.25) is 0 Å². The number of benzene rings is 1. The molecule has 5 heteroatoms. The molecule has 0 atom stereocenters. The predicted octanol–water partition coefficient (Wildman–Crippen LogP) is -0.901. The molecule has 68 valence electrons. The van der Waals surface area contributed by atoms with E-state index in [0.717, 1.165) is 5.69 Å². The van der Waals surface area contributed by atoms with E-state index in [-0.39, 0.29) is 51.4 Å². The summed E-state index contributed by atoms with van der Waals surface area (Å²) < 4.78 is 0. The van der Waals surface area contributed by atoms with Crippen LogP contribution < -0.4 is 57.1 Å². The molecule has 1 heterocycles. The molecule has 0 saturated carbocycles. The summed E-state index contributed by atoms with van der Waals surface area (Å²) in [5, 5.41) is 13.5. The molecule has 0 aliphatic carbocycles. The zero-order valence-electron chi connectivity index (χ0n) is 7.73. The fourth-order valence-electron chi connectivity index (χ4n) is 0.983. The van der Waals surface area contributed by atoms with Crippen molar-refractivity contribution in [2.24, 2.45) is 0 Å². The van der Waals surface area contributed by atoms with Crippen LogP contribution in [-0.4, -0.2) is 11.6 Å². The summed E-state index contributed by atoms with van der Waals surface area (Å²) in [7, 11) is 0. The number of nitrogen functional groups attached to an aromatic ring is 1. The van der Waals surface area contributed by atoms with Gasteiger partial charge in [-0.3, -0.25) is 0 Å². The Bertz CT molecular complexity index is 402. The Morgan fingerprint density at radius 3 is 2.50 bits per heavy atom. The van der Waals surface area contributed by atoms with Crippen LogP contribution in [0.2, 0.25) is 0 Å². The molecule has 0 amide bonds. The van der Waals surface area contributed by atoms with Gasteiger partial charge < -0.3 is 15.6 Å². The average molecular weight is 233 g/mol. The van der Waals surface area contributed by atoms with Crippen LogP contribution in [0.5, 0.6) is 0 Å². The van der Waals surface area contributed by atoms with Crippen molar-refractivity contribution in [1.82, 2.24) is 0 Å². The van der Waals surface area contributed by atoms with E-state index in [2.05, 4.69) is 10.8 Å². The van der Waals surface area contributed by atoms with E-state index in [1.807, 2.05) is 18.2 Å². The van der Waals surface area contributed by atoms with Crippen LogP contribution in [0.3, 0.4) is 0 Å². The standard InChI is InChI=1S/C8H7NS.CHO2.K/c9-8-2-1-6-4-10-5-7(6)3-8;2-1-3;/h1-5H,9H2;(H,2,3);/q;-1;+1. The van der Waals surface area contributed by atoms with Crippen molar-refractivity contribution in [1.29, 1.82) is 0 Å². The molecule has 0 radical (unpaired) electrons. The molecule has 0 bridgehead atoms. The second-order valence-electron chi connectivity index (χ2n) is 2.35. The number of anilines is 1. The average Bonchev–Trinajstić information content (AvgIpc) is 2.52. The molecular weight excluding hydrogens is 225 g/mol.